The molecule has 2 fully saturated rings. The van der Waals surface area contributed by atoms with Crippen LogP contribution in [0.4, 0.5) is 24.5 Å². The van der Waals surface area contributed by atoms with Gasteiger partial charge in [-0.05, 0) is 56.2 Å². The minimum absolute atomic E-state index is 0.255. The van der Waals surface area contributed by atoms with Crippen LogP contribution in [0.25, 0.3) is 0 Å². The van der Waals surface area contributed by atoms with Crippen molar-refractivity contribution in [3.05, 3.63) is 35.4 Å². The van der Waals surface area contributed by atoms with Crippen LogP contribution in [0.3, 0.4) is 0 Å². The average Bonchev–Trinajstić information content (AvgIpc) is 3.39. The molecule has 3 aliphatic rings. The Morgan fingerprint density at radius 3 is 2.54 bits per heavy atom. The van der Waals surface area contributed by atoms with Crippen molar-refractivity contribution in [3.63, 3.8) is 0 Å². The number of halogens is 3. The summed E-state index contributed by atoms with van der Waals surface area (Å²) >= 11 is 0. The van der Waals surface area contributed by atoms with Crippen LogP contribution < -0.4 is 10.2 Å². The highest BCUT2D eigenvalue weighted by molar-refractivity contribution is 5.76. The molecule has 0 radical (unpaired) electrons. The molecule has 0 spiro atoms. The first kappa shape index (κ1) is 15.8. The van der Waals surface area contributed by atoms with Gasteiger partial charge in [-0.1, -0.05) is 17.7 Å². The lowest BCUT2D eigenvalue weighted by Crippen LogP contribution is -2.71. The van der Waals surface area contributed by atoms with E-state index in [9.17, 15) is 18.3 Å². The molecule has 2 atom stereocenters. The van der Waals surface area contributed by atoms with E-state index in [2.05, 4.69) is 5.32 Å². The molecule has 1 aromatic rings. The third-order valence-electron chi connectivity index (χ3n) is 5.48. The van der Waals surface area contributed by atoms with Crippen LogP contribution in [0.2, 0.25) is 0 Å². The van der Waals surface area contributed by atoms with E-state index in [0.29, 0.717) is 30.8 Å². The van der Waals surface area contributed by atoms with E-state index in [1.165, 1.54) is 11.8 Å². The van der Waals surface area contributed by atoms with Gasteiger partial charge in [-0.2, -0.15) is 13.2 Å². The van der Waals surface area contributed by atoms with Gasteiger partial charge in [-0.15, -0.1) is 0 Å². The van der Waals surface area contributed by atoms with Crippen molar-refractivity contribution in [2.24, 2.45) is 5.92 Å². The Morgan fingerprint density at radius 1 is 1.29 bits per heavy atom. The summed E-state index contributed by atoms with van der Waals surface area (Å²) in [6.45, 7) is 1.86. The van der Waals surface area contributed by atoms with Crippen molar-refractivity contribution < 1.29 is 18.3 Å². The third kappa shape index (κ3) is 2.23. The fourth-order valence-electron chi connectivity index (χ4n) is 3.86. The molecule has 1 heterocycles. The smallest absolute Gasteiger partial charge is 0.371 e. The molecule has 1 aromatic carbocycles. The second-order valence-corrected chi connectivity index (χ2v) is 7.11. The quantitative estimate of drug-likeness (QED) is 0.816. The van der Waals surface area contributed by atoms with Crippen molar-refractivity contribution in [1.82, 2.24) is 0 Å². The summed E-state index contributed by atoms with van der Waals surface area (Å²) in [6, 6.07) is 6.94. The van der Waals surface area contributed by atoms with Gasteiger partial charge < -0.3 is 15.3 Å². The number of aliphatic hydroxyl groups excluding tert-OH is 1. The van der Waals surface area contributed by atoms with Crippen LogP contribution in [0.1, 0.15) is 32.6 Å². The summed E-state index contributed by atoms with van der Waals surface area (Å²) in [7, 11) is 0. The predicted octanol–water partition coefficient (Wildman–Crippen LogP) is 4.06. The second kappa shape index (κ2) is 5.15. The number of allylic oxidation sites excluding steroid dienone is 1. The van der Waals surface area contributed by atoms with Gasteiger partial charge in [0.2, 0.25) is 5.54 Å². The highest BCUT2D eigenvalue weighted by Gasteiger charge is 2.67. The maximum Gasteiger partial charge on any atom is 0.420 e. The van der Waals surface area contributed by atoms with Gasteiger partial charge in [-0.3, -0.25) is 0 Å². The third-order valence-corrected chi connectivity index (χ3v) is 5.48. The first-order valence-electron chi connectivity index (χ1n) is 8.43. The van der Waals surface area contributed by atoms with Crippen LogP contribution >= 0.6 is 0 Å². The van der Waals surface area contributed by atoms with Crippen molar-refractivity contribution in [1.29, 1.82) is 0 Å². The number of alkyl halides is 3. The molecular formula is C18H21F3N2O. The summed E-state index contributed by atoms with van der Waals surface area (Å²) in [6.07, 6.45) is -3.02. The van der Waals surface area contributed by atoms with Gasteiger partial charge in [-0.25, -0.2) is 0 Å². The first-order chi connectivity index (χ1) is 11.4. The van der Waals surface area contributed by atoms with Crippen LogP contribution in [0.15, 0.2) is 35.4 Å². The van der Waals surface area contributed by atoms with Crippen molar-refractivity contribution in [2.75, 3.05) is 16.8 Å². The molecular weight excluding hydrogens is 317 g/mol. The lowest BCUT2D eigenvalue weighted by Gasteiger charge is -2.53. The zero-order chi connectivity index (χ0) is 17.1. The summed E-state index contributed by atoms with van der Waals surface area (Å²) in [5, 5.41) is 13.3. The molecule has 2 aliphatic carbocycles. The molecule has 6 heteroatoms. The minimum atomic E-state index is -4.58. The van der Waals surface area contributed by atoms with Crippen molar-refractivity contribution in [3.8, 4) is 0 Å². The lowest BCUT2D eigenvalue weighted by atomic mass is 9.81. The molecule has 2 N–H and O–H groups in total. The van der Waals surface area contributed by atoms with Crippen LogP contribution in [0, 0.1) is 5.92 Å². The van der Waals surface area contributed by atoms with E-state index in [1.54, 1.807) is 24.3 Å². The van der Waals surface area contributed by atoms with Crippen LogP contribution in [-0.2, 0) is 0 Å². The number of nitrogens with zero attached hydrogens (tertiary/aromatic N) is 1. The van der Waals surface area contributed by atoms with Gasteiger partial charge in [0, 0.05) is 6.54 Å². The minimum Gasteiger partial charge on any atom is -0.371 e. The predicted molar refractivity (Wildman–Crippen MR) is 86.9 cm³/mol. The highest BCUT2D eigenvalue weighted by Crippen LogP contribution is 2.54. The number of aliphatic hydroxyl groups is 1. The molecule has 0 saturated heterocycles. The lowest BCUT2D eigenvalue weighted by molar-refractivity contribution is -0.199. The fourth-order valence-corrected chi connectivity index (χ4v) is 3.86. The topological polar surface area (TPSA) is 35.5 Å². The van der Waals surface area contributed by atoms with Crippen molar-refractivity contribution >= 4 is 11.4 Å². The number of benzene rings is 1. The van der Waals surface area contributed by atoms with E-state index < -0.39 is 17.9 Å². The molecule has 3 nitrogen and oxygen atoms in total. The number of nitrogens with one attached hydrogen (secondary N) is 1. The highest BCUT2D eigenvalue weighted by atomic mass is 19.4. The number of para-hydroxylation sites is 2. The Hall–Kier alpha value is -1.69. The van der Waals surface area contributed by atoms with Gasteiger partial charge in [0.1, 0.15) is 0 Å². The molecule has 24 heavy (non-hydrogen) atoms. The molecule has 0 amide bonds. The van der Waals surface area contributed by atoms with Gasteiger partial charge in [0.15, 0.2) is 6.23 Å². The zero-order valence-electron chi connectivity index (χ0n) is 13.5. The maximum atomic E-state index is 14.4. The Morgan fingerprint density at radius 2 is 1.96 bits per heavy atom. The number of anilines is 2. The SMILES string of the molecule is CC(=C1CC1)C1(C(F)(F)F)C(O)Nc2ccccc2N1CC1CC1. The Bertz CT molecular complexity index is 690. The van der Waals surface area contributed by atoms with Crippen LogP contribution in [-0.4, -0.2) is 29.6 Å². The Labute approximate surface area is 139 Å². The molecule has 1 aliphatic heterocycles. The maximum absolute atomic E-state index is 14.4. The Kier molecular flexibility index (Phi) is 3.39. The largest absolute Gasteiger partial charge is 0.420 e. The molecule has 0 aromatic heterocycles. The second-order valence-electron chi connectivity index (χ2n) is 7.11. The molecule has 130 valence electrons. The van der Waals surface area contributed by atoms with E-state index >= 15 is 0 Å². The number of rotatable bonds is 3. The normalized spacial score (nSPS) is 29.1. The summed E-state index contributed by atoms with van der Waals surface area (Å²) in [4.78, 5) is 1.42. The van der Waals surface area contributed by atoms with Gasteiger partial charge in [0.05, 0.1) is 11.4 Å². The number of fused-ring (bicyclic) bond motifs is 1. The summed E-state index contributed by atoms with van der Waals surface area (Å²) in [5.41, 5.74) is -0.249. The van der Waals surface area contributed by atoms with Gasteiger partial charge in [0.25, 0.3) is 0 Å². The van der Waals surface area contributed by atoms with Crippen molar-refractivity contribution in [2.45, 2.75) is 50.6 Å². The van der Waals surface area contributed by atoms with E-state index in [-0.39, 0.29) is 11.5 Å². The summed E-state index contributed by atoms with van der Waals surface area (Å²) in [5.74, 6) is 0.266. The first-order valence-corrected chi connectivity index (χ1v) is 8.43. The molecule has 4 rings (SSSR count). The van der Waals surface area contributed by atoms with E-state index in [1.807, 2.05) is 0 Å². The average molecular weight is 338 g/mol. The monoisotopic (exact) mass is 338 g/mol. The van der Waals surface area contributed by atoms with Gasteiger partial charge >= 0.3 is 6.18 Å². The standard InChI is InChI=1S/C18H21F3N2O/c1-11(13-8-9-13)17(18(19,20)21)16(24)22-14-4-2-3-5-15(14)23(17)10-12-6-7-12/h2-5,12,16,22,24H,6-10H2,1H3. The van der Waals surface area contributed by atoms with E-state index in [4.69, 9.17) is 0 Å². The molecule has 0 bridgehead atoms. The zero-order valence-corrected chi connectivity index (χ0v) is 13.5. The molecule has 2 unspecified atom stereocenters. The van der Waals surface area contributed by atoms with Crippen LogP contribution in [0.5, 0.6) is 0 Å². The number of hydrogen-bond donors (Lipinski definition) is 2. The fraction of sp³-hybridized carbons (Fsp3) is 0.556. The number of hydrogen-bond acceptors (Lipinski definition) is 3. The van der Waals surface area contributed by atoms with E-state index in [0.717, 1.165) is 18.4 Å². The summed E-state index contributed by atoms with van der Waals surface area (Å²) < 4.78 is 43.3. The molecule has 2 saturated carbocycles. The Balaban J connectivity index is 1.93.